The minimum atomic E-state index is -0.501. The Morgan fingerprint density at radius 1 is 1.53 bits per heavy atom. The van der Waals surface area contributed by atoms with Gasteiger partial charge in [-0.15, -0.1) is 0 Å². The zero-order chi connectivity index (χ0) is 12.8. The van der Waals surface area contributed by atoms with Gasteiger partial charge in [-0.05, 0) is 19.6 Å². The van der Waals surface area contributed by atoms with Gasteiger partial charge in [0.05, 0.1) is 13.2 Å². The molecule has 1 saturated heterocycles. The Bertz CT molecular complexity index is 284. The van der Waals surface area contributed by atoms with E-state index < -0.39 is 6.04 Å². The molecule has 98 valence electrons. The standard InChI is InChI=1S/C11H20N2O3S/c1-8(2)12-11(15)9-7-16-5-4-13(9)10(14)3-6-17/h8-9,17H,3-7H2,1-2H3,(H,12,15). The van der Waals surface area contributed by atoms with Crippen LogP contribution in [0, 0.1) is 0 Å². The summed E-state index contributed by atoms with van der Waals surface area (Å²) in [6.45, 7) is 5.02. The van der Waals surface area contributed by atoms with E-state index in [9.17, 15) is 9.59 Å². The summed E-state index contributed by atoms with van der Waals surface area (Å²) < 4.78 is 5.27. The first-order valence-electron chi connectivity index (χ1n) is 5.84. The van der Waals surface area contributed by atoms with Crippen LogP contribution < -0.4 is 5.32 Å². The Kier molecular flexibility index (Phi) is 5.77. The lowest BCUT2D eigenvalue weighted by Gasteiger charge is -2.35. The number of carbonyl (C=O) groups excluding carboxylic acids is 2. The quantitative estimate of drug-likeness (QED) is 0.703. The Balaban J connectivity index is 2.65. The molecule has 0 aromatic rings. The summed E-state index contributed by atoms with van der Waals surface area (Å²) in [7, 11) is 0. The molecule has 2 amide bonds. The highest BCUT2D eigenvalue weighted by Gasteiger charge is 2.32. The molecule has 0 aliphatic carbocycles. The van der Waals surface area contributed by atoms with Crippen LogP contribution in [-0.2, 0) is 14.3 Å². The number of ether oxygens (including phenoxy) is 1. The molecule has 1 N–H and O–H groups in total. The van der Waals surface area contributed by atoms with Gasteiger partial charge in [-0.3, -0.25) is 9.59 Å². The molecule has 1 aliphatic rings. The smallest absolute Gasteiger partial charge is 0.245 e. The second-order valence-corrected chi connectivity index (χ2v) is 4.76. The molecule has 6 heteroatoms. The topological polar surface area (TPSA) is 58.6 Å². The minimum Gasteiger partial charge on any atom is -0.377 e. The van der Waals surface area contributed by atoms with E-state index >= 15 is 0 Å². The molecule has 17 heavy (non-hydrogen) atoms. The van der Waals surface area contributed by atoms with Gasteiger partial charge in [0.25, 0.3) is 0 Å². The second-order valence-electron chi connectivity index (χ2n) is 4.31. The van der Waals surface area contributed by atoms with Gasteiger partial charge >= 0.3 is 0 Å². The Morgan fingerprint density at radius 3 is 2.82 bits per heavy atom. The summed E-state index contributed by atoms with van der Waals surface area (Å²) in [6, 6.07) is -0.440. The average Bonchev–Trinajstić information content (AvgIpc) is 2.28. The normalized spacial score (nSPS) is 20.5. The Labute approximate surface area is 107 Å². The van der Waals surface area contributed by atoms with Crippen molar-refractivity contribution in [1.82, 2.24) is 10.2 Å². The van der Waals surface area contributed by atoms with Crippen LogP contribution in [0.5, 0.6) is 0 Å². The molecule has 1 aliphatic heterocycles. The van der Waals surface area contributed by atoms with E-state index in [-0.39, 0.29) is 24.5 Å². The average molecular weight is 260 g/mol. The van der Waals surface area contributed by atoms with Crippen molar-refractivity contribution in [2.75, 3.05) is 25.5 Å². The van der Waals surface area contributed by atoms with Crippen LogP contribution in [0.1, 0.15) is 20.3 Å². The van der Waals surface area contributed by atoms with Crippen molar-refractivity contribution in [2.45, 2.75) is 32.4 Å². The molecular weight excluding hydrogens is 240 g/mol. The van der Waals surface area contributed by atoms with Gasteiger partial charge in [-0.2, -0.15) is 12.6 Å². The molecule has 0 aromatic carbocycles. The lowest BCUT2D eigenvalue weighted by molar-refractivity contribution is -0.148. The highest BCUT2D eigenvalue weighted by molar-refractivity contribution is 7.80. The van der Waals surface area contributed by atoms with Crippen molar-refractivity contribution in [2.24, 2.45) is 0 Å². The van der Waals surface area contributed by atoms with Gasteiger partial charge in [0.15, 0.2) is 0 Å². The van der Waals surface area contributed by atoms with Crippen molar-refractivity contribution in [3.8, 4) is 0 Å². The zero-order valence-electron chi connectivity index (χ0n) is 10.3. The third-order valence-electron chi connectivity index (χ3n) is 2.51. The summed E-state index contributed by atoms with van der Waals surface area (Å²) in [5.41, 5.74) is 0. The SMILES string of the molecule is CC(C)NC(=O)C1COCCN1C(=O)CCS. The number of morpholine rings is 1. The van der Waals surface area contributed by atoms with Gasteiger partial charge in [0, 0.05) is 19.0 Å². The zero-order valence-corrected chi connectivity index (χ0v) is 11.2. The fourth-order valence-electron chi connectivity index (χ4n) is 1.74. The summed E-state index contributed by atoms with van der Waals surface area (Å²) in [5, 5.41) is 2.81. The molecule has 1 rings (SSSR count). The van der Waals surface area contributed by atoms with Gasteiger partial charge in [0.1, 0.15) is 6.04 Å². The van der Waals surface area contributed by atoms with E-state index in [2.05, 4.69) is 17.9 Å². The lowest BCUT2D eigenvalue weighted by Crippen LogP contribution is -2.56. The predicted octanol–water partition coefficient (Wildman–Crippen LogP) is 0.0583. The maximum Gasteiger partial charge on any atom is 0.245 e. The predicted molar refractivity (Wildman–Crippen MR) is 68.1 cm³/mol. The first kappa shape index (κ1) is 14.3. The molecule has 0 spiro atoms. The van der Waals surface area contributed by atoms with Crippen LogP contribution in [0.25, 0.3) is 0 Å². The number of amides is 2. The summed E-state index contributed by atoms with van der Waals surface area (Å²) >= 11 is 4.04. The molecule has 1 heterocycles. The van der Waals surface area contributed by atoms with Crippen LogP contribution in [0.4, 0.5) is 0 Å². The summed E-state index contributed by atoms with van der Waals surface area (Å²) in [6.07, 6.45) is 0.356. The van der Waals surface area contributed by atoms with E-state index in [1.165, 1.54) is 0 Å². The van der Waals surface area contributed by atoms with Crippen LogP contribution in [0.3, 0.4) is 0 Å². The van der Waals surface area contributed by atoms with Gasteiger partial charge in [0.2, 0.25) is 11.8 Å². The maximum atomic E-state index is 11.9. The summed E-state index contributed by atoms with van der Waals surface area (Å²) in [4.78, 5) is 25.4. The van der Waals surface area contributed by atoms with Gasteiger partial charge in [-0.1, -0.05) is 0 Å². The van der Waals surface area contributed by atoms with Gasteiger partial charge < -0.3 is 15.0 Å². The molecule has 0 aromatic heterocycles. The van der Waals surface area contributed by atoms with Crippen molar-refractivity contribution in [1.29, 1.82) is 0 Å². The lowest BCUT2D eigenvalue weighted by atomic mass is 10.2. The highest BCUT2D eigenvalue weighted by Crippen LogP contribution is 2.10. The number of thiol groups is 1. The Hall–Kier alpha value is -0.750. The van der Waals surface area contributed by atoms with E-state index in [0.29, 0.717) is 25.3 Å². The first-order chi connectivity index (χ1) is 8.06. The van der Waals surface area contributed by atoms with Crippen molar-refractivity contribution < 1.29 is 14.3 Å². The van der Waals surface area contributed by atoms with Crippen LogP contribution >= 0.6 is 12.6 Å². The van der Waals surface area contributed by atoms with Crippen molar-refractivity contribution in [3.05, 3.63) is 0 Å². The number of rotatable bonds is 4. The number of nitrogens with zero attached hydrogens (tertiary/aromatic N) is 1. The third kappa shape index (κ3) is 4.20. The number of carbonyl (C=O) groups is 2. The van der Waals surface area contributed by atoms with Crippen LogP contribution in [0.2, 0.25) is 0 Å². The number of hydrogen-bond acceptors (Lipinski definition) is 4. The van der Waals surface area contributed by atoms with Crippen molar-refractivity contribution >= 4 is 24.4 Å². The monoisotopic (exact) mass is 260 g/mol. The van der Waals surface area contributed by atoms with Crippen LogP contribution in [0.15, 0.2) is 0 Å². The molecule has 1 unspecified atom stereocenters. The molecule has 0 bridgehead atoms. The second kappa shape index (κ2) is 6.86. The maximum absolute atomic E-state index is 11.9. The molecule has 0 saturated carbocycles. The van der Waals surface area contributed by atoms with Gasteiger partial charge in [-0.25, -0.2) is 0 Å². The van der Waals surface area contributed by atoms with E-state index in [0.717, 1.165) is 0 Å². The van der Waals surface area contributed by atoms with Crippen LogP contribution in [-0.4, -0.2) is 54.3 Å². The molecule has 1 atom stereocenters. The van der Waals surface area contributed by atoms with Crippen molar-refractivity contribution in [3.63, 3.8) is 0 Å². The van der Waals surface area contributed by atoms with E-state index in [4.69, 9.17) is 4.74 Å². The van der Waals surface area contributed by atoms with E-state index in [1.807, 2.05) is 13.8 Å². The fraction of sp³-hybridized carbons (Fsp3) is 0.818. The van der Waals surface area contributed by atoms with E-state index in [1.54, 1.807) is 4.90 Å². The molecular formula is C11H20N2O3S. The first-order valence-corrected chi connectivity index (χ1v) is 6.48. The molecule has 5 nitrogen and oxygen atoms in total. The minimum absolute atomic E-state index is 0.0350. The number of hydrogen-bond donors (Lipinski definition) is 2. The number of nitrogens with one attached hydrogen (secondary N) is 1. The Morgan fingerprint density at radius 2 is 2.24 bits per heavy atom. The fourth-order valence-corrected chi connectivity index (χ4v) is 1.93. The largest absolute Gasteiger partial charge is 0.377 e. The molecule has 0 radical (unpaired) electrons. The summed E-state index contributed by atoms with van der Waals surface area (Å²) in [5.74, 6) is 0.314. The highest BCUT2D eigenvalue weighted by atomic mass is 32.1. The third-order valence-corrected chi connectivity index (χ3v) is 2.73. The molecule has 1 fully saturated rings.